The molecule has 0 aromatic rings. The van der Waals surface area contributed by atoms with Crippen LogP contribution in [0.5, 0.6) is 0 Å². The van der Waals surface area contributed by atoms with E-state index in [2.05, 4.69) is 10.6 Å². The molecule has 0 radical (unpaired) electrons. The Morgan fingerprint density at radius 3 is 2.64 bits per heavy atom. The second kappa shape index (κ2) is 8.87. The fraction of sp³-hybridized carbons (Fsp3) is 0.938. The molecule has 0 aliphatic heterocycles. The molecule has 0 unspecified atom stereocenters. The molecule has 2 N–H and O–H groups in total. The monoisotopic (exact) mass is 330 g/mol. The predicted molar refractivity (Wildman–Crippen MR) is 89.4 cm³/mol. The van der Waals surface area contributed by atoms with Crippen LogP contribution in [0.2, 0.25) is 0 Å². The van der Waals surface area contributed by atoms with Crippen LogP contribution in [0.1, 0.15) is 58.3 Å². The van der Waals surface area contributed by atoms with Gasteiger partial charge < -0.3 is 15.4 Å². The number of ether oxygens (including phenoxy) is 1. The van der Waals surface area contributed by atoms with Crippen molar-refractivity contribution in [3.8, 4) is 0 Å². The summed E-state index contributed by atoms with van der Waals surface area (Å²) in [5, 5.41) is 6.40. The smallest absolute Gasteiger partial charge is 0.315 e. The van der Waals surface area contributed by atoms with E-state index in [4.69, 9.17) is 4.74 Å². The fourth-order valence-electron chi connectivity index (χ4n) is 3.69. The number of carbonyl (C=O) groups excluding carboxylic acids is 1. The van der Waals surface area contributed by atoms with Crippen molar-refractivity contribution in [1.29, 1.82) is 0 Å². The largest absolute Gasteiger partial charge is 0.379 e. The number of rotatable bonds is 5. The average molecular weight is 330 g/mol. The van der Waals surface area contributed by atoms with E-state index in [1.807, 2.05) is 6.92 Å². The minimum atomic E-state index is -0.754. The maximum absolute atomic E-state index is 12.2. The van der Waals surface area contributed by atoms with E-state index in [0.29, 0.717) is 5.75 Å². The predicted octanol–water partition coefficient (Wildman–Crippen LogP) is 2.32. The topological polar surface area (TPSA) is 67.4 Å². The van der Waals surface area contributed by atoms with E-state index in [9.17, 15) is 9.00 Å². The first-order valence-electron chi connectivity index (χ1n) is 8.61. The number of amides is 2. The summed E-state index contributed by atoms with van der Waals surface area (Å²) in [6, 6.07) is 0.170. The van der Waals surface area contributed by atoms with E-state index in [1.165, 1.54) is 6.42 Å². The number of hydrogen-bond donors (Lipinski definition) is 2. The molecule has 5 atom stereocenters. The highest BCUT2D eigenvalue weighted by molar-refractivity contribution is 7.85. The third-order valence-corrected chi connectivity index (χ3v) is 6.68. The Morgan fingerprint density at radius 2 is 1.91 bits per heavy atom. The molecule has 6 heteroatoms. The van der Waals surface area contributed by atoms with Crippen molar-refractivity contribution in [2.24, 2.45) is 0 Å². The Balaban J connectivity index is 1.79. The number of nitrogens with one attached hydrogen (secondary N) is 2. The van der Waals surface area contributed by atoms with Crippen molar-refractivity contribution in [2.45, 2.75) is 81.7 Å². The van der Waals surface area contributed by atoms with Gasteiger partial charge in [-0.25, -0.2) is 4.79 Å². The van der Waals surface area contributed by atoms with Gasteiger partial charge in [0.2, 0.25) is 0 Å². The van der Waals surface area contributed by atoms with Gasteiger partial charge in [0.25, 0.3) is 0 Å². The highest BCUT2D eigenvalue weighted by atomic mass is 32.2. The SMILES string of the molecule is CC[S@](=O)[C@@H]1CCC[C@H](NC(=O)N[C@@H]2CCCC[C@H]2OC)C1. The van der Waals surface area contributed by atoms with Crippen LogP contribution in [0.4, 0.5) is 4.79 Å². The molecule has 0 aromatic carbocycles. The minimum absolute atomic E-state index is 0.0955. The summed E-state index contributed by atoms with van der Waals surface area (Å²) >= 11 is 0. The van der Waals surface area contributed by atoms with Crippen LogP contribution in [0.25, 0.3) is 0 Å². The van der Waals surface area contributed by atoms with Crippen molar-refractivity contribution < 1.29 is 13.7 Å². The lowest BCUT2D eigenvalue weighted by molar-refractivity contribution is 0.0450. The van der Waals surface area contributed by atoms with Gasteiger partial charge in [-0.15, -0.1) is 0 Å². The average Bonchev–Trinajstić information content (AvgIpc) is 2.54. The number of methoxy groups -OCH3 is 1. The zero-order valence-corrected chi connectivity index (χ0v) is 14.6. The van der Waals surface area contributed by atoms with Crippen molar-refractivity contribution in [2.75, 3.05) is 12.9 Å². The molecule has 0 heterocycles. The lowest BCUT2D eigenvalue weighted by Gasteiger charge is -2.33. The lowest BCUT2D eigenvalue weighted by atomic mass is 9.92. The first kappa shape index (κ1) is 17.7. The maximum Gasteiger partial charge on any atom is 0.315 e. The van der Waals surface area contributed by atoms with Crippen LogP contribution in [0.3, 0.4) is 0 Å². The third kappa shape index (κ3) is 4.95. The van der Waals surface area contributed by atoms with Crippen LogP contribution in [-0.2, 0) is 15.5 Å². The van der Waals surface area contributed by atoms with Gasteiger partial charge in [0.1, 0.15) is 0 Å². The van der Waals surface area contributed by atoms with Crippen LogP contribution in [0.15, 0.2) is 0 Å². The van der Waals surface area contributed by atoms with Crippen LogP contribution >= 0.6 is 0 Å². The molecule has 2 fully saturated rings. The summed E-state index contributed by atoms with van der Waals surface area (Å²) in [5.41, 5.74) is 0. The molecular weight excluding hydrogens is 300 g/mol. The molecule has 22 heavy (non-hydrogen) atoms. The Hall–Kier alpha value is -0.620. The van der Waals surface area contributed by atoms with Crippen molar-refractivity contribution >= 4 is 16.8 Å². The Kier molecular flexibility index (Phi) is 7.15. The minimum Gasteiger partial charge on any atom is -0.379 e. The van der Waals surface area contributed by atoms with Crippen molar-refractivity contribution in [3.05, 3.63) is 0 Å². The Morgan fingerprint density at radius 1 is 1.14 bits per heavy atom. The molecule has 2 aliphatic rings. The zero-order valence-electron chi connectivity index (χ0n) is 13.8. The van der Waals surface area contributed by atoms with E-state index >= 15 is 0 Å². The molecule has 128 valence electrons. The van der Waals surface area contributed by atoms with Gasteiger partial charge >= 0.3 is 6.03 Å². The second-order valence-electron chi connectivity index (χ2n) is 6.44. The number of hydrogen-bond acceptors (Lipinski definition) is 3. The Bertz CT molecular complexity index is 392. The fourth-order valence-corrected chi connectivity index (χ4v) is 5.04. The molecule has 0 spiro atoms. The summed E-state index contributed by atoms with van der Waals surface area (Å²) in [6.45, 7) is 1.97. The molecule has 0 saturated heterocycles. The molecule has 2 aliphatic carbocycles. The van der Waals surface area contributed by atoms with Gasteiger partial charge in [0, 0.05) is 35.0 Å². The summed E-state index contributed by atoms with van der Waals surface area (Å²) < 4.78 is 17.4. The summed E-state index contributed by atoms with van der Waals surface area (Å²) in [4.78, 5) is 12.2. The maximum atomic E-state index is 12.2. The standard InChI is InChI=1S/C16H30N2O3S/c1-3-22(20)13-8-6-7-12(11-13)17-16(19)18-14-9-4-5-10-15(14)21-2/h12-15H,3-11H2,1-2H3,(H2,17,18,19)/t12-,13+,14+,15+,22-/m0/s1. The third-order valence-electron chi connectivity index (χ3n) is 4.94. The number of carbonyl (C=O) groups is 1. The van der Waals surface area contributed by atoms with Gasteiger partial charge in [-0.2, -0.15) is 0 Å². The molecule has 5 nitrogen and oxygen atoms in total. The second-order valence-corrected chi connectivity index (χ2v) is 8.44. The first-order valence-corrected chi connectivity index (χ1v) is 9.99. The van der Waals surface area contributed by atoms with Crippen LogP contribution < -0.4 is 10.6 Å². The molecule has 2 rings (SSSR count). The van der Waals surface area contributed by atoms with Gasteiger partial charge in [0.05, 0.1) is 12.1 Å². The molecule has 2 saturated carbocycles. The van der Waals surface area contributed by atoms with Gasteiger partial charge in [-0.1, -0.05) is 26.2 Å². The highest BCUT2D eigenvalue weighted by Gasteiger charge is 2.29. The van der Waals surface area contributed by atoms with Crippen LogP contribution in [0, 0.1) is 0 Å². The lowest BCUT2D eigenvalue weighted by Crippen LogP contribution is -2.52. The molecular formula is C16H30N2O3S. The van der Waals surface area contributed by atoms with Crippen molar-refractivity contribution in [1.82, 2.24) is 10.6 Å². The van der Waals surface area contributed by atoms with E-state index in [-0.39, 0.29) is 29.5 Å². The normalized spacial score (nSPS) is 33.9. The van der Waals surface area contributed by atoms with E-state index in [1.54, 1.807) is 7.11 Å². The zero-order chi connectivity index (χ0) is 15.9. The summed E-state index contributed by atoms with van der Waals surface area (Å²) in [5.74, 6) is 0.710. The molecule has 2 amide bonds. The van der Waals surface area contributed by atoms with Gasteiger partial charge in [-0.05, 0) is 32.1 Å². The van der Waals surface area contributed by atoms with Gasteiger partial charge in [0.15, 0.2) is 0 Å². The molecule has 0 bridgehead atoms. The number of urea groups is 1. The van der Waals surface area contributed by atoms with E-state index in [0.717, 1.165) is 44.9 Å². The van der Waals surface area contributed by atoms with Crippen molar-refractivity contribution in [3.63, 3.8) is 0 Å². The van der Waals surface area contributed by atoms with Gasteiger partial charge in [-0.3, -0.25) is 4.21 Å². The van der Waals surface area contributed by atoms with Crippen LogP contribution in [-0.4, -0.2) is 46.5 Å². The Labute approximate surface area is 136 Å². The van der Waals surface area contributed by atoms with E-state index < -0.39 is 10.8 Å². The first-order chi connectivity index (χ1) is 10.6. The highest BCUT2D eigenvalue weighted by Crippen LogP contribution is 2.23. The summed E-state index contributed by atoms with van der Waals surface area (Å²) in [6.07, 6.45) is 8.35. The molecule has 0 aromatic heterocycles. The quantitative estimate of drug-likeness (QED) is 0.813. The summed E-state index contributed by atoms with van der Waals surface area (Å²) in [7, 11) is 0.963.